The van der Waals surface area contributed by atoms with Gasteiger partial charge in [0.05, 0.1) is 11.0 Å². The number of allylic oxidation sites excluding steroid dienone is 3. The molecule has 0 aliphatic heterocycles. The van der Waals surface area contributed by atoms with E-state index in [1.54, 1.807) is 0 Å². The molecule has 3 atom stereocenters. The lowest BCUT2D eigenvalue weighted by Gasteiger charge is -2.30. The van der Waals surface area contributed by atoms with Crippen LogP contribution in [0.5, 0.6) is 0 Å². The van der Waals surface area contributed by atoms with Gasteiger partial charge in [-0.1, -0.05) is 42.8 Å². The minimum absolute atomic E-state index is 0.0316. The third-order valence-corrected chi connectivity index (χ3v) is 6.78. The minimum Gasteiger partial charge on any atom is -0.456 e. The molecule has 1 N–H and O–H groups in total. The number of hydrogen-bond donors (Lipinski definition) is 1. The van der Waals surface area contributed by atoms with E-state index >= 15 is 4.39 Å². The van der Waals surface area contributed by atoms with Crippen molar-refractivity contribution < 1.29 is 22.3 Å². The molecule has 2 aliphatic rings. The molecular weight excluding hydrogens is 431 g/mol. The van der Waals surface area contributed by atoms with Crippen molar-refractivity contribution in [2.45, 2.75) is 25.9 Å². The third kappa shape index (κ3) is 4.61. The second-order valence-electron chi connectivity index (χ2n) is 7.88. The second-order valence-corrected chi connectivity index (χ2v) is 10.2. The highest BCUT2D eigenvalue weighted by atomic mass is 35.5. The van der Waals surface area contributed by atoms with E-state index in [1.165, 1.54) is 27.1 Å². The molecule has 6 nitrogen and oxygen atoms in total. The lowest BCUT2D eigenvalue weighted by Crippen LogP contribution is -2.47. The molecule has 3 rings (SSSR count). The van der Waals surface area contributed by atoms with Gasteiger partial charge in [-0.25, -0.2) is 9.11 Å². The van der Waals surface area contributed by atoms with Crippen LogP contribution in [0, 0.1) is 11.8 Å². The van der Waals surface area contributed by atoms with Gasteiger partial charge in [0.2, 0.25) is 5.91 Å². The molecule has 0 heterocycles. The smallest absolute Gasteiger partial charge is 0.303 e. The summed E-state index contributed by atoms with van der Waals surface area (Å²) in [6.07, 6.45) is 5.11. The molecule has 0 spiro atoms. The van der Waals surface area contributed by atoms with Crippen molar-refractivity contribution in [3.8, 4) is 0 Å². The molecule has 0 bridgehead atoms. The van der Waals surface area contributed by atoms with Crippen LogP contribution < -0.4 is 4.72 Å². The largest absolute Gasteiger partial charge is 0.456 e. The summed E-state index contributed by atoms with van der Waals surface area (Å²) in [5.41, 5.74) is -0.188. The van der Waals surface area contributed by atoms with Crippen molar-refractivity contribution in [1.82, 2.24) is 9.03 Å². The van der Waals surface area contributed by atoms with Gasteiger partial charge in [0, 0.05) is 19.7 Å². The standard InChI is InChI=1S/C21H24ClFN2O4S/c1-13-9-14-7-5-6-8-15(14)18(10-13)29-19-12-21(2,23)16(11-17(19)22)20(26)24-30(27,28)25(3)4/h5-8,10-13,16H,9H2,1-4H3,(H,24,26). The van der Waals surface area contributed by atoms with E-state index in [9.17, 15) is 13.2 Å². The Balaban J connectivity index is 1.86. The zero-order valence-electron chi connectivity index (χ0n) is 17.1. The zero-order valence-corrected chi connectivity index (χ0v) is 18.7. The number of rotatable bonds is 5. The van der Waals surface area contributed by atoms with Crippen molar-refractivity contribution in [3.63, 3.8) is 0 Å². The lowest BCUT2D eigenvalue weighted by atomic mass is 9.85. The van der Waals surface area contributed by atoms with Crippen LogP contribution in [0.25, 0.3) is 5.76 Å². The fourth-order valence-electron chi connectivity index (χ4n) is 3.40. The SMILES string of the molecule is CC1C=C(OC2=CC(C)(F)C(C(=O)NS(=O)(=O)N(C)C)C=C2Cl)c2ccccc2C1. The fraction of sp³-hybridized carbons (Fsp3) is 0.381. The summed E-state index contributed by atoms with van der Waals surface area (Å²) in [5, 5.41) is 0.0316. The molecule has 1 aromatic rings. The van der Waals surface area contributed by atoms with E-state index in [1.807, 2.05) is 35.1 Å². The van der Waals surface area contributed by atoms with Crippen LogP contribution in [0.1, 0.15) is 25.0 Å². The number of nitrogens with zero attached hydrogens (tertiary/aromatic N) is 1. The lowest BCUT2D eigenvalue weighted by molar-refractivity contribution is -0.124. The Morgan fingerprint density at radius 3 is 2.60 bits per heavy atom. The summed E-state index contributed by atoms with van der Waals surface area (Å²) in [6, 6.07) is 7.78. The first-order valence-corrected chi connectivity index (χ1v) is 11.2. The number of carbonyl (C=O) groups is 1. The van der Waals surface area contributed by atoms with Gasteiger partial charge in [-0.05, 0) is 43.1 Å². The second kappa shape index (κ2) is 8.17. The van der Waals surface area contributed by atoms with Gasteiger partial charge < -0.3 is 4.74 Å². The highest BCUT2D eigenvalue weighted by Gasteiger charge is 2.42. The Labute approximate surface area is 181 Å². The number of halogens is 2. The van der Waals surface area contributed by atoms with Gasteiger partial charge in [0.1, 0.15) is 17.2 Å². The number of amides is 1. The van der Waals surface area contributed by atoms with Crippen molar-refractivity contribution in [1.29, 1.82) is 0 Å². The zero-order chi connectivity index (χ0) is 22.3. The fourth-order valence-corrected chi connectivity index (χ4v) is 4.18. The predicted molar refractivity (Wildman–Crippen MR) is 114 cm³/mol. The van der Waals surface area contributed by atoms with Crippen molar-refractivity contribution >= 4 is 33.5 Å². The highest BCUT2D eigenvalue weighted by molar-refractivity contribution is 7.87. The average Bonchev–Trinajstić information content (AvgIpc) is 2.63. The van der Waals surface area contributed by atoms with Gasteiger partial charge in [0.15, 0.2) is 0 Å². The monoisotopic (exact) mass is 454 g/mol. The van der Waals surface area contributed by atoms with Crippen molar-refractivity contribution in [2.24, 2.45) is 11.8 Å². The Kier molecular flexibility index (Phi) is 6.13. The maximum atomic E-state index is 15.4. The molecule has 0 aromatic heterocycles. The first-order chi connectivity index (χ1) is 13.9. The van der Waals surface area contributed by atoms with Crippen molar-refractivity contribution in [2.75, 3.05) is 14.1 Å². The van der Waals surface area contributed by atoms with Crippen LogP contribution in [0.15, 0.2) is 53.3 Å². The number of alkyl halides is 1. The highest BCUT2D eigenvalue weighted by Crippen LogP contribution is 2.40. The molecule has 30 heavy (non-hydrogen) atoms. The Morgan fingerprint density at radius 2 is 1.93 bits per heavy atom. The van der Waals surface area contributed by atoms with Crippen molar-refractivity contribution in [3.05, 3.63) is 64.4 Å². The van der Waals surface area contributed by atoms with Gasteiger partial charge in [-0.3, -0.25) is 4.79 Å². The third-order valence-electron chi connectivity index (χ3n) is 5.04. The van der Waals surface area contributed by atoms with Crippen LogP contribution >= 0.6 is 11.6 Å². The molecule has 0 saturated heterocycles. The quantitative estimate of drug-likeness (QED) is 0.738. The maximum absolute atomic E-state index is 15.4. The number of carbonyl (C=O) groups excluding carboxylic acids is 1. The molecule has 3 unspecified atom stereocenters. The van der Waals surface area contributed by atoms with Crippen LogP contribution in [0.2, 0.25) is 0 Å². The average molecular weight is 455 g/mol. The number of nitrogens with one attached hydrogen (secondary N) is 1. The van der Waals surface area contributed by atoms with E-state index in [0.717, 1.165) is 27.9 Å². The molecule has 0 saturated carbocycles. The number of fused-ring (bicyclic) bond motifs is 1. The van der Waals surface area contributed by atoms with E-state index in [-0.39, 0.29) is 16.7 Å². The van der Waals surface area contributed by atoms with E-state index < -0.39 is 27.7 Å². The number of hydrogen-bond acceptors (Lipinski definition) is 4. The van der Waals surface area contributed by atoms with E-state index in [2.05, 4.69) is 6.92 Å². The summed E-state index contributed by atoms with van der Waals surface area (Å²) in [5.74, 6) is -1.57. The van der Waals surface area contributed by atoms with E-state index in [0.29, 0.717) is 5.76 Å². The summed E-state index contributed by atoms with van der Waals surface area (Å²) >= 11 is 6.30. The summed E-state index contributed by atoms with van der Waals surface area (Å²) in [7, 11) is -1.54. The molecule has 2 aliphatic carbocycles. The van der Waals surface area contributed by atoms with Gasteiger partial charge in [-0.2, -0.15) is 12.7 Å². The van der Waals surface area contributed by atoms with E-state index in [4.69, 9.17) is 16.3 Å². The molecule has 9 heteroatoms. The van der Waals surface area contributed by atoms with Crippen LogP contribution in [-0.4, -0.2) is 38.4 Å². The molecule has 1 amide bonds. The number of ether oxygens (including phenoxy) is 1. The molecule has 0 fully saturated rings. The summed E-state index contributed by atoms with van der Waals surface area (Å²) in [6.45, 7) is 3.23. The van der Waals surface area contributed by atoms with Gasteiger partial charge >= 0.3 is 10.2 Å². The van der Waals surface area contributed by atoms with Crippen LogP contribution in [0.3, 0.4) is 0 Å². The van der Waals surface area contributed by atoms with Crippen LogP contribution in [-0.2, 0) is 26.2 Å². The normalized spacial score (nSPS) is 26.3. The molecule has 162 valence electrons. The molecule has 1 aromatic carbocycles. The maximum Gasteiger partial charge on any atom is 0.303 e. The first kappa shape index (κ1) is 22.5. The summed E-state index contributed by atoms with van der Waals surface area (Å²) < 4.78 is 47.9. The predicted octanol–water partition coefficient (Wildman–Crippen LogP) is 3.52. The van der Waals surface area contributed by atoms with Gasteiger partial charge in [-0.15, -0.1) is 0 Å². The Bertz CT molecular complexity index is 1060. The van der Waals surface area contributed by atoms with Gasteiger partial charge in [0.25, 0.3) is 0 Å². The Morgan fingerprint density at radius 1 is 1.27 bits per heavy atom. The number of benzene rings is 1. The minimum atomic E-state index is -4.06. The molecule has 0 radical (unpaired) electrons. The topological polar surface area (TPSA) is 75.7 Å². The first-order valence-electron chi connectivity index (χ1n) is 9.42. The summed E-state index contributed by atoms with van der Waals surface area (Å²) in [4.78, 5) is 12.4. The Hall–Kier alpha value is -2.16. The molecular formula is C21H24ClFN2O4S. The van der Waals surface area contributed by atoms with Crippen LogP contribution in [0.4, 0.5) is 4.39 Å².